The molecule has 0 amide bonds. The van der Waals surface area contributed by atoms with E-state index in [0.29, 0.717) is 12.5 Å². The fourth-order valence-corrected chi connectivity index (χ4v) is 1.59. The molecule has 0 aromatic heterocycles. The topological polar surface area (TPSA) is 40.4 Å². The molecule has 15 heavy (non-hydrogen) atoms. The zero-order valence-electron chi connectivity index (χ0n) is 9.32. The van der Waals surface area contributed by atoms with Gasteiger partial charge in [-0.3, -0.25) is 0 Å². The van der Waals surface area contributed by atoms with Gasteiger partial charge in [0.05, 0.1) is 25.1 Å². The first-order chi connectivity index (χ1) is 7.33. The molecule has 0 saturated heterocycles. The van der Waals surface area contributed by atoms with Gasteiger partial charge in [0, 0.05) is 6.42 Å². The summed E-state index contributed by atoms with van der Waals surface area (Å²) in [6, 6.07) is 13.3. The molecule has 0 unspecified atom stereocenters. The van der Waals surface area contributed by atoms with Crippen LogP contribution in [0.1, 0.15) is 25.3 Å². The van der Waals surface area contributed by atoms with Crippen molar-refractivity contribution in [3.05, 3.63) is 35.9 Å². The summed E-state index contributed by atoms with van der Waals surface area (Å²) >= 11 is 0. The van der Waals surface area contributed by atoms with Gasteiger partial charge in [-0.1, -0.05) is 30.3 Å². The van der Waals surface area contributed by atoms with Crippen molar-refractivity contribution < 1.29 is 5.32 Å². The van der Waals surface area contributed by atoms with E-state index in [2.05, 4.69) is 42.6 Å². The third kappa shape index (κ3) is 5.19. The Balaban J connectivity index is 2.17. The van der Waals surface area contributed by atoms with Gasteiger partial charge >= 0.3 is 0 Å². The Bertz CT molecular complexity index is 300. The van der Waals surface area contributed by atoms with Crippen molar-refractivity contribution in [1.29, 1.82) is 5.26 Å². The van der Waals surface area contributed by atoms with E-state index < -0.39 is 0 Å². The van der Waals surface area contributed by atoms with E-state index >= 15 is 0 Å². The zero-order valence-corrected chi connectivity index (χ0v) is 9.32. The molecule has 0 fully saturated rings. The molecule has 0 spiro atoms. The summed E-state index contributed by atoms with van der Waals surface area (Å²) in [6.45, 7) is 3.15. The maximum Gasteiger partial charge on any atom is 0.0889 e. The van der Waals surface area contributed by atoms with Gasteiger partial charge in [-0.15, -0.1) is 0 Å². The average molecular weight is 203 g/mol. The highest BCUT2D eigenvalue weighted by molar-refractivity contribution is 5.14. The van der Waals surface area contributed by atoms with Crippen molar-refractivity contribution in [1.82, 2.24) is 0 Å². The normalized spacial score (nSPS) is 12.0. The first-order valence-corrected chi connectivity index (χ1v) is 5.57. The number of quaternary nitrogens is 1. The lowest BCUT2D eigenvalue weighted by Gasteiger charge is -2.09. The molecule has 2 N–H and O–H groups in total. The molecule has 0 heterocycles. The van der Waals surface area contributed by atoms with Gasteiger partial charge in [0.15, 0.2) is 0 Å². The lowest BCUT2D eigenvalue weighted by atomic mass is 10.1. The van der Waals surface area contributed by atoms with E-state index in [1.165, 1.54) is 12.0 Å². The molecule has 1 aromatic rings. The summed E-state index contributed by atoms with van der Waals surface area (Å²) in [4.78, 5) is 0. The van der Waals surface area contributed by atoms with E-state index in [1.54, 1.807) is 0 Å². The van der Waals surface area contributed by atoms with Crippen molar-refractivity contribution in [2.45, 2.75) is 32.2 Å². The number of nitrogens with two attached hydrogens (primary N) is 1. The van der Waals surface area contributed by atoms with Crippen LogP contribution in [0.25, 0.3) is 0 Å². The van der Waals surface area contributed by atoms with Gasteiger partial charge < -0.3 is 5.32 Å². The molecule has 0 aliphatic rings. The van der Waals surface area contributed by atoms with Crippen LogP contribution >= 0.6 is 0 Å². The van der Waals surface area contributed by atoms with Crippen LogP contribution in [0.3, 0.4) is 0 Å². The van der Waals surface area contributed by atoms with Crippen molar-refractivity contribution in [3.63, 3.8) is 0 Å². The van der Waals surface area contributed by atoms with Gasteiger partial charge in [-0.05, 0) is 18.9 Å². The molecule has 0 saturated carbocycles. The molecule has 0 radical (unpaired) electrons. The highest BCUT2D eigenvalue weighted by Gasteiger charge is 2.04. The average Bonchev–Trinajstić information content (AvgIpc) is 2.28. The van der Waals surface area contributed by atoms with Crippen LogP contribution in [-0.4, -0.2) is 12.6 Å². The summed E-state index contributed by atoms with van der Waals surface area (Å²) < 4.78 is 0. The lowest BCUT2D eigenvalue weighted by molar-refractivity contribution is -0.685. The van der Waals surface area contributed by atoms with Crippen LogP contribution in [0, 0.1) is 11.3 Å². The fraction of sp³-hybridized carbons (Fsp3) is 0.462. The Hall–Kier alpha value is -1.33. The molecule has 2 nitrogen and oxygen atoms in total. The number of rotatable bonds is 6. The molecule has 1 atom stereocenters. The number of nitriles is 1. The van der Waals surface area contributed by atoms with E-state index in [4.69, 9.17) is 5.26 Å². The van der Waals surface area contributed by atoms with Crippen LogP contribution in [0.5, 0.6) is 0 Å². The van der Waals surface area contributed by atoms with Crippen LogP contribution in [-0.2, 0) is 6.42 Å². The first kappa shape index (κ1) is 11.7. The van der Waals surface area contributed by atoms with Crippen molar-refractivity contribution >= 4 is 0 Å². The molecule has 0 bridgehead atoms. The minimum Gasteiger partial charge on any atom is -0.343 e. The predicted molar refractivity (Wildman–Crippen MR) is 61.2 cm³/mol. The third-order valence-corrected chi connectivity index (χ3v) is 2.56. The number of aryl methyl sites for hydroxylation is 1. The summed E-state index contributed by atoms with van der Waals surface area (Å²) in [6.07, 6.45) is 2.95. The second-order valence-corrected chi connectivity index (χ2v) is 3.93. The standard InChI is InChI=1S/C13H18N2/c1-12(15-11-5-10-14)8-9-13-6-3-2-4-7-13/h2-4,6-7,12,15H,5,8-9,11H2,1H3/p+1/t12-/m0/s1. The molecular formula is C13H19N2+. The first-order valence-electron chi connectivity index (χ1n) is 5.57. The van der Waals surface area contributed by atoms with Crippen molar-refractivity contribution in [2.75, 3.05) is 6.54 Å². The van der Waals surface area contributed by atoms with Crippen molar-refractivity contribution in [3.8, 4) is 6.07 Å². The smallest absolute Gasteiger partial charge is 0.0889 e. The predicted octanol–water partition coefficient (Wildman–Crippen LogP) is 1.48. The maximum atomic E-state index is 8.42. The van der Waals surface area contributed by atoms with Gasteiger partial charge in [0.2, 0.25) is 0 Å². The minimum absolute atomic E-state index is 0.610. The zero-order chi connectivity index (χ0) is 10.9. The van der Waals surface area contributed by atoms with E-state index in [9.17, 15) is 0 Å². The number of nitrogens with zero attached hydrogens (tertiary/aromatic N) is 1. The number of benzene rings is 1. The fourth-order valence-electron chi connectivity index (χ4n) is 1.59. The second kappa shape index (κ2) is 7.03. The Kier molecular flexibility index (Phi) is 5.50. The Morgan fingerprint density at radius 1 is 1.33 bits per heavy atom. The molecule has 80 valence electrons. The van der Waals surface area contributed by atoms with Crippen LogP contribution < -0.4 is 5.32 Å². The Labute approximate surface area is 91.9 Å². The largest absolute Gasteiger partial charge is 0.343 e. The second-order valence-electron chi connectivity index (χ2n) is 3.93. The van der Waals surface area contributed by atoms with Gasteiger partial charge in [0.1, 0.15) is 0 Å². The minimum atomic E-state index is 0.610. The number of hydrogen-bond donors (Lipinski definition) is 1. The van der Waals surface area contributed by atoms with Gasteiger partial charge in [-0.25, -0.2) is 0 Å². The van der Waals surface area contributed by atoms with Crippen LogP contribution in [0.4, 0.5) is 0 Å². The van der Waals surface area contributed by atoms with Crippen LogP contribution in [0.2, 0.25) is 0 Å². The van der Waals surface area contributed by atoms with E-state index in [1.807, 2.05) is 6.07 Å². The molecule has 2 heteroatoms. The Morgan fingerprint density at radius 2 is 2.07 bits per heavy atom. The quantitative estimate of drug-likeness (QED) is 0.699. The highest BCUT2D eigenvalue weighted by Crippen LogP contribution is 2.02. The summed E-state index contributed by atoms with van der Waals surface area (Å²) in [5, 5.41) is 10.7. The summed E-state index contributed by atoms with van der Waals surface area (Å²) in [5.41, 5.74) is 1.40. The Morgan fingerprint density at radius 3 is 2.73 bits per heavy atom. The van der Waals surface area contributed by atoms with Crippen molar-refractivity contribution in [2.24, 2.45) is 0 Å². The van der Waals surface area contributed by atoms with E-state index in [-0.39, 0.29) is 0 Å². The van der Waals surface area contributed by atoms with Gasteiger partial charge in [0.25, 0.3) is 0 Å². The summed E-state index contributed by atoms with van der Waals surface area (Å²) in [7, 11) is 0. The monoisotopic (exact) mass is 203 g/mol. The highest BCUT2D eigenvalue weighted by atomic mass is 14.9. The number of hydrogen-bond acceptors (Lipinski definition) is 1. The third-order valence-electron chi connectivity index (χ3n) is 2.56. The summed E-state index contributed by atoms with van der Waals surface area (Å²) in [5.74, 6) is 0. The SMILES string of the molecule is C[C@@H](CCc1ccccc1)[NH2+]CCC#N. The molecule has 0 aliphatic carbocycles. The van der Waals surface area contributed by atoms with Gasteiger partial charge in [-0.2, -0.15) is 5.26 Å². The molecule has 1 rings (SSSR count). The van der Waals surface area contributed by atoms with E-state index in [0.717, 1.165) is 13.0 Å². The van der Waals surface area contributed by atoms with Crippen LogP contribution in [0.15, 0.2) is 30.3 Å². The molecule has 0 aliphatic heterocycles. The molecule has 1 aromatic carbocycles. The maximum absolute atomic E-state index is 8.42. The lowest BCUT2D eigenvalue weighted by Crippen LogP contribution is -2.89. The molecular weight excluding hydrogens is 184 g/mol.